The van der Waals surface area contributed by atoms with E-state index in [2.05, 4.69) is 10.3 Å². The highest BCUT2D eigenvalue weighted by Crippen LogP contribution is 2.24. The van der Waals surface area contributed by atoms with Crippen LogP contribution in [0.1, 0.15) is 23.0 Å². The van der Waals surface area contributed by atoms with E-state index in [4.69, 9.17) is 16.3 Å². The average Bonchev–Trinajstić information content (AvgIpc) is 2.94. The van der Waals surface area contributed by atoms with Gasteiger partial charge in [0.25, 0.3) is 5.91 Å². The Labute approximate surface area is 143 Å². The fourth-order valence-corrected chi connectivity index (χ4v) is 2.90. The molecule has 0 spiro atoms. The van der Waals surface area contributed by atoms with Gasteiger partial charge < -0.3 is 15.0 Å². The molecule has 0 saturated carbocycles. The highest BCUT2D eigenvalue weighted by molar-refractivity contribution is 7.14. The molecule has 1 aromatic carbocycles. The second-order valence-corrected chi connectivity index (χ2v) is 6.13. The SMILES string of the molecule is COc1ccc(Cl)cc1CN(C)C(=O)c1csc(NC(C)=O)n1. The zero-order chi connectivity index (χ0) is 17.0. The van der Waals surface area contributed by atoms with Gasteiger partial charge in [-0.05, 0) is 18.2 Å². The van der Waals surface area contributed by atoms with Gasteiger partial charge in [0.15, 0.2) is 5.13 Å². The van der Waals surface area contributed by atoms with Crippen LogP contribution in [0.5, 0.6) is 5.75 Å². The van der Waals surface area contributed by atoms with Crippen LogP contribution >= 0.6 is 22.9 Å². The van der Waals surface area contributed by atoms with Crippen molar-refractivity contribution in [3.63, 3.8) is 0 Å². The van der Waals surface area contributed by atoms with Crippen molar-refractivity contribution in [2.75, 3.05) is 19.5 Å². The number of carbonyl (C=O) groups excluding carboxylic acids is 2. The third kappa shape index (κ3) is 4.43. The third-order valence-corrected chi connectivity index (χ3v) is 4.00. The molecule has 0 saturated heterocycles. The Kier molecular flexibility index (Phi) is 5.57. The number of amides is 2. The van der Waals surface area contributed by atoms with Gasteiger partial charge in [0.05, 0.1) is 7.11 Å². The van der Waals surface area contributed by atoms with Crippen LogP contribution in [-0.2, 0) is 11.3 Å². The van der Waals surface area contributed by atoms with E-state index in [-0.39, 0.29) is 17.5 Å². The minimum atomic E-state index is -0.250. The topological polar surface area (TPSA) is 71.5 Å². The van der Waals surface area contributed by atoms with E-state index in [0.29, 0.717) is 22.4 Å². The van der Waals surface area contributed by atoms with Crippen molar-refractivity contribution in [3.8, 4) is 5.75 Å². The molecule has 0 unspecified atom stereocenters. The molecule has 1 N–H and O–H groups in total. The molecular weight excluding hydrogens is 338 g/mol. The molecule has 2 amide bonds. The van der Waals surface area contributed by atoms with Crippen LogP contribution in [0.4, 0.5) is 5.13 Å². The van der Waals surface area contributed by atoms with Gasteiger partial charge >= 0.3 is 0 Å². The first-order valence-corrected chi connectivity index (χ1v) is 7.97. The number of rotatable bonds is 5. The van der Waals surface area contributed by atoms with E-state index in [0.717, 1.165) is 5.56 Å². The number of benzene rings is 1. The highest BCUT2D eigenvalue weighted by Gasteiger charge is 2.17. The summed E-state index contributed by atoms with van der Waals surface area (Å²) < 4.78 is 5.28. The molecule has 0 radical (unpaired) electrons. The van der Waals surface area contributed by atoms with Gasteiger partial charge in [-0.3, -0.25) is 9.59 Å². The van der Waals surface area contributed by atoms with Gasteiger partial charge in [-0.15, -0.1) is 11.3 Å². The van der Waals surface area contributed by atoms with Crippen molar-refractivity contribution in [3.05, 3.63) is 39.9 Å². The molecule has 6 nitrogen and oxygen atoms in total. The molecule has 0 aliphatic heterocycles. The minimum Gasteiger partial charge on any atom is -0.496 e. The van der Waals surface area contributed by atoms with Crippen molar-refractivity contribution in [2.45, 2.75) is 13.5 Å². The van der Waals surface area contributed by atoms with Gasteiger partial charge in [-0.1, -0.05) is 11.6 Å². The summed E-state index contributed by atoms with van der Waals surface area (Å²) in [6.45, 7) is 1.72. The second kappa shape index (κ2) is 7.43. The van der Waals surface area contributed by atoms with E-state index in [9.17, 15) is 9.59 Å². The van der Waals surface area contributed by atoms with E-state index in [1.807, 2.05) is 0 Å². The van der Waals surface area contributed by atoms with Crippen LogP contribution in [-0.4, -0.2) is 35.9 Å². The van der Waals surface area contributed by atoms with Crippen molar-refractivity contribution < 1.29 is 14.3 Å². The lowest BCUT2D eigenvalue weighted by molar-refractivity contribution is -0.114. The Morgan fingerprint density at radius 3 is 2.83 bits per heavy atom. The van der Waals surface area contributed by atoms with Crippen molar-refractivity contribution >= 4 is 39.9 Å². The minimum absolute atomic E-state index is 0.227. The van der Waals surface area contributed by atoms with Crippen molar-refractivity contribution in [1.82, 2.24) is 9.88 Å². The first kappa shape index (κ1) is 17.2. The smallest absolute Gasteiger partial charge is 0.273 e. The monoisotopic (exact) mass is 353 g/mol. The summed E-state index contributed by atoms with van der Waals surface area (Å²) in [7, 11) is 3.23. The molecule has 122 valence electrons. The van der Waals surface area contributed by atoms with E-state index in [1.165, 1.54) is 23.2 Å². The van der Waals surface area contributed by atoms with E-state index < -0.39 is 0 Å². The number of thiazole rings is 1. The molecule has 1 aromatic heterocycles. The van der Waals surface area contributed by atoms with Crippen LogP contribution < -0.4 is 10.1 Å². The maximum absolute atomic E-state index is 12.4. The van der Waals surface area contributed by atoms with Crippen LogP contribution in [0.2, 0.25) is 5.02 Å². The predicted octanol–water partition coefficient (Wildman–Crippen LogP) is 3.04. The number of halogens is 1. The Morgan fingerprint density at radius 1 is 1.43 bits per heavy atom. The standard InChI is InChI=1S/C15H16ClN3O3S/c1-9(20)17-15-18-12(8-23-15)14(21)19(2)7-10-6-11(16)4-5-13(10)22-3/h4-6,8H,7H2,1-3H3,(H,17,18,20). The highest BCUT2D eigenvalue weighted by atomic mass is 35.5. The molecule has 0 aliphatic rings. The summed E-state index contributed by atoms with van der Waals surface area (Å²) in [5.74, 6) is 0.182. The summed E-state index contributed by atoms with van der Waals surface area (Å²) in [4.78, 5) is 29.0. The van der Waals surface area contributed by atoms with Gasteiger partial charge in [-0.25, -0.2) is 4.98 Å². The van der Waals surface area contributed by atoms with Crippen LogP contribution in [0, 0.1) is 0 Å². The number of nitrogens with zero attached hydrogens (tertiary/aromatic N) is 2. The Bertz CT molecular complexity index is 733. The number of nitrogens with one attached hydrogen (secondary N) is 1. The summed E-state index contributed by atoms with van der Waals surface area (Å²) in [6.07, 6.45) is 0. The van der Waals surface area contributed by atoms with Crippen LogP contribution in [0.25, 0.3) is 0 Å². The fourth-order valence-electron chi connectivity index (χ4n) is 1.97. The largest absolute Gasteiger partial charge is 0.496 e. The molecule has 8 heteroatoms. The van der Waals surface area contributed by atoms with Gasteiger partial charge in [0.2, 0.25) is 5.91 Å². The van der Waals surface area contributed by atoms with E-state index >= 15 is 0 Å². The number of anilines is 1. The summed E-state index contributed by atoms with van der Waals surface area (Å²) >= 11 is 7.20. The Balaban J connectivity index is 2.12. The molecular formula is C15H16ClN3O3S. The van der Waals surface area contributed by atoms with Gasteiger partial charge in [0, 0.05) is 36.5 Å². The molecule has 1 heterocycles. The number of aromatic nitrogens is 1. The maximum Gasteiger partial charge on any atom is 0.273 e. The molecule has 23 heavy (non-hydrogen) atoms. The predicted molar refractivity (Wildman–Crippen MR) is 90.2 cm³/mol. The molecule has 0 bridgehead atoms. The lowest BCUT2D eigenvalue weighted by Crippen LogP contribution is -2.26. The summed E-state index contributed by atoms with van der Waals surface area (Å²) in [5, 5.41) is 5.14. The summed E-state index contributed by atoms with van der Waals surface area (Å²) in [6, 6.07) is 5.24. The summed E-state index contributed by atoms with van der Waals surface area (Å²) in [5.41, 5.74) is 1.08. The molecule has 0 fully saturated rings. The molecule has 0 aliphatic carbocycles. The van der Waals surface area contributed by atoms with Crippen molar-refractivity contribution in [1.29, 1.82) is 0 Å². The Hall–Kier alpha value is -2.12. The van der Waals surface area contributed by atoms with Gasteiger partial charge in [0.1, 0.15) is 11.4 Å². The zero-order valence-electron chi connectivity index (χ0n) is 12.9. The normalized spacial score (nSPS) is 10.3. The number of ether oxygens (including phenoxy) is 1. The van der Waals surface area contributed by atoms with Crippen LogP contribution in [0.3, 0.4) is 0 Å². The fraction of sp³-hybridized carbons (Fsp3) is 0.267. The molecule has 2 aromatic rings. The average molecular weight is 354 g/mol. The second-order valence-electron chi connectivity index (χ2n) is 4.84. The zero-order valence-corrected chi connectivity index (χ0v) is 14.5. The molecule has 2 rings (SSSR count). The first-order chi connectivity index (χ1) is 10.9. The quantitative estimate of drug-likeness (QED) is 0.896. The van der Waals surface area contributed by atoms with Crippen LogP contribution in [0.15, 0.2) is 23.6 Å². The first-order valence-electron chi connectivity index (χ1n) is 6.71. The van der Waals surface area contributed by atoms with Crippen molar-refractivity contribution in [2.24, 2.45) is 0 Å². The Morgan fingerprint density at radius 2 is 2.17 bits per heavy atom. The number of hydrogen-bond donors (Lipinski definition) is 1. The number of carbonyl (C=O) groups is 2. The number of methoxy groups -OCH3 is 1. The lowest BCUT2D eigenvalue weighted by atomic mass is 10.2. The lowest BCUT2D eigenvalue weighted by Gasteiger charge is -2.18. The van der Waals surface area contributed by atoms with E-state index in [1.54, 1.807) is 37.7 Å². The maximum atomic E-state index is 12.4. The number of hydrogen-bond acceptors (Lipinski definition) is 5. The van der Waals surface area contributed by atoms with Gasteiger partial charge in [-0.2, -0.15) is 0 Å². The molecule has 0 atom stereocenters. The third-order valence-electron chi connectivity index (χ3n) is 3.00.